The van der Waals surface area contributed by atoms with Gasteiger partial charge in [0.25, 0.3) is 0 Å². The van der Waals surface area contributed by atoms with Crippen molar-refractivity contribution in [3.63, 3.8) is 0 Å². The van der Waals surface area contributed by atoms with Crippen molar-refractivity contribution < 1.29 is 8.42 Å². The summed E-state index contributed by atoms with van der Waals surface area (Å²) in [5, 5.41) is 3.35. The van der Waals surface area contributed by atoms with Crippen molar-refractivity contribution in [2.45, 2.75) is 44.6 Å². The normalized spacial score (nSPS) is 16.8. The minimum atomic E-state index is -3.41. The van der Waals surface area contributed by atoms with E-state index in [0.717, 1.165) is 12.8 Å². The molecule has 25 heavy (non-hydrogen) atoms. The first-order valence-corrected chi connectivity index (χ1v) is 10.1. The lowest BCUT2D eigenvalue weighted by Gasteiger charge is -2.19. The molecule has 1 saturated heterocycles. The molecule has 1 aromatic heterocycles. The second kappa shape index (κ2) is 7.14. The van der Waals surface area contributed by atoms with E-state index in [-0.39, 0.29) is 10.9 Å². The van der Waals surface area contributed by atoms with E-state index in [2.05, 4.69) is 49.3 Å². The van der Waals surface area contributed by atoms with Crippen LogP contribution in [-0.4, -0.2) is 30.8 Å². The van der Waals surface area contributed by atoms with Crippen LogP contribution in [0.1, 0.15) is 42.5 Å². The first kappa shape index (κ1) is 17.9. The SMILES string of the molecule is Cc1cccc(C(C)Nc2ccc(S(=O)(=O)N3CCCC3)cn2)c1C. The zero-order valence-electron chi connectivity index (χ0n) is 15.0. The summed E-state index contributed by atoms with van der Waals surface area (Å²) in [5.74, 6) is 0.675. The van der Waals surface area contributed by atoms with Crippen molar-refractivity contribution in [3.05, 3.63) is 53.2 Å². The number of anilines is 1. The average molecular weight is 359 g/mol. The molecule has 1 aromatic carbocycles. The lowest BCUT2D eigenvalue weighted by molar-refractivity contribution is 0.477. The van der Waals surface area contributed by atoms with E-state index in [9.17, 15) is 8.42 Å². The number of aryl methyl sites for hydroxylation is 1. The van der Waals surface area contributed by atoms with Gasteiger partial charge in [0.1, 0.15) is 10.7 Å². The molecule has 0 radical (unpaired) electrons. The molecule has 0 saturated carbocycles. The standard InChI is InChI=1S/C19H25N3O2S/c1-14-7-6-8-18(15(14)2)16(3)21-19-10-9-17(13-20-19)25(23,24)22-11-4-5-12-22/h6-10,13,16H,4-5,11-12H2,1-3H3,(H,20,21). The highest BCUT2D eigenvalue weighted by Gasteiger charge is 2.27. The molecule has 1 N–H and O–H groups in total. The Morgan fingerprint density at radius 1 is 1.12 bits per heavy atom. The van der Waals surface area contributed by atoms with Gasteiger partial charge in [0.05, 0.1) is 6.04 Å². The minimum Gasteiger partial charge on any atom is -0.364 e. The van der Waals surface area contributed by atoms with Gasteiger partial charge >= 0.3 is 0 Å². The van der Waals surface area contributed by atoms with Gasteiger partial charge in [-0.05, 0) is 62.4 Å². The number of rotatable bonds is 5. The van der Waals surface area contributed by atoms with Crippen molar-refractivity contribution in [1.82, 2.24) is 9.29 Å². The molecule has 5 nitrogen and oxygen atoms in total. The van der Waals surface area contributed by atoms with Gasteiger partial charge in [-0.25, -0.2) is 13.4 Å². The molecule has 2 aromatic rings. The van der Waals surface area contributed by atoms with Crippen molar-refractivity contribution >= 4 is 15.8 Å². The first-order chi connectivity index (χ1) is 11.9. The Morgan fingerprint density at radius 3 is 2.48 bits per heavy atom. The maximum atomic E-state index is 12.5. The van der Waals surface area contributed by atoms with Crippen LogP contribution in [0, 0.1) is 13.8 Å². The van der Waals surface area contributed by atoms with Gasteiger partial charge in [-0.2, -0.15) is 4.31 Å². The third-order valence-electron chi connectivity index (χ3n) is 4.92. The number of benzene rings is 1. The minimum absolute atomic E-state index is 0.0911. The zero-order valence-corrected chi connectivity index (χ0v) is 15.8. The number of pyridine rings is 1. The predicted octanol–water partition coefficient (Wildman–Crippen LogP) is 3.66. The number of nitrogens with zero attached hydrogens (tertiary/aromatic N) is 2. The number of aromatic nitrogens is 1. The molecule has 0 aliphatic carbocycles. The largest absolute Gasteiger partial charge is 0.364 e. The lowest BCUT2D eigenvalue weighted by Crippen LogP contribution is -2.27. The van der Waals surface area contributed by atoms with E-state index in [0.29, 0.717) is 18.9 Å². The summed E-state index contributed by atoms with van der Waals surface area (Å²) in [6.45, 7) is 7.50. The maximum Gasteiger partial charge on any atom is 0.244 e. The Bertz CT molecular complexity index is 841. The van der Waals surface area contributed by atoms with Crippen LogP contribution in [-0.2, 0) is 10.0 Å². The summed E-state index contributed by atoms with van der Waals surface area (Å²) >= 11 is 0. The van der Waals surface area contributed by atoms with Crippen molar-refractivity contribution in [2.75, 3.05) is 18.4 Å². The van der Waals surface area contributed by atoms with Gasteiger partial charge in [0.15, 0.2) is 0 Å². The molecular weight excluding hydrogens is 334 g/mol. The van der Waals surface area contributed by atoms with Crippen molar-refractivity contribution in [3.8, 4) is 0 Å². The second-order valence-corrected chi connectivity index (χ2v) is 8.58. The van der Waals surface area contributed by atoms with Crippen LogP contribution in [0.2, 0.25) is 0 Å². The Morgan fingerprint density at radius 2 is 1.84 bits per heavy atom. The van der Waals surface area contributed by atoms with Gasteiger partial charge in [0, 0.05) is 19.3 Å². The molecule has 134 valence electrons. The molecule has 2 heterocycles. The number of nitrogens with one attached hydrogen (secondary N) is 1. The van der Waals surface area contributed by atoms with Crippen molar-refractivity contribution in [2.24, 2.45) is 0 Å². The van der Waals surface area contributed by atoms with Crippen LogP contribution in [0.5, 0.6) is 0 Å². The van der Waals surface area contributed by atoms with E-state index in [1.54, 1.807) is 12.1 Å². The lowest BCUT2D eigenvalue weighted by atomic mass is 9.98. The summed E-state index contributed by atoms with van der Waals surface area (Å²) in [6, 6.07) is 9.72. The fourth-order valence-electron chi connectivity index (χ4n) is 3.24. The topological polar surface area (TPSA) is 62.3 Å². The fraction of sp³-hybridized carbons (Fsp3) is 0.421. The monoisotopic (exact) mass is 359 g/mol. The highest BCUT2D eigenvalue weighted by atomic mass is 32.2. The Hall–Kier alpha value is -1.92. The molecule has 6 heteroatoms. The van der Waals surface area contributed by atoms with Crippen LogP contribution >= 0.6 is 0 Å². The molecule has 0 spiro atoms. The van der Waals surface area contributed by atoms with Crippen LogP contribution in [0.4, 0.5) is 5.82 Å². The van der Waals surface area contributed by atoms with Crippen LogP contribution in [0.3, 0.4) is 0 Å². The van der Waals surface area contributed by atoms with E-state index in [1.165, 1.54) is 27.2 Å². The van der Waals surface area contributed by atoms with E-state index < -0.39 is 10.0 Å². The van der Waals surface area contributed by atoms with Gasteiger partial charge in [-0.1, -0.05) is 18.2 Å². The molecule has 3 rings (SSSR count). The van der Waals surface area contributed by atoms with Gasteiger partial charge < -0.3 is 5.32 Å². The van der Waals surface area contributed by atoms with Gasteiger partial charge in [0.2, 0.25) is 10.0 Å². The predicted molar refractivity (Wildman–Crippen MR) is 100 cm³/mol. The second-order valence-electron chi connectivity index (χ2n) is 6.65. The summed E-state index contributed by atoms with van der Waals surface area (Å²) in [5.41, 5.74) is 3.73. The summed E-state index contributed by atoms with van der Waals surface area (Å²) in [7, 11) is -3.41. The summed E-state index contributed by atoms with van der Waals surface area (Å²) < 4.78 is 26.6. The highest BCUT2D eigenvalue weighted by molar-refractivity contribution is 7.89. The molecule has 0 bridgehead atoms. The third-order valence-corrected chi connectivity index (χ3v) is 6.80. The maximum absolute atomic E-state index is 12.5. The number of hydrogen-bond donors (Lipinski definition) is 1. The highest BCUT2D eigenvalue weighted by Crippen LogP contribution is 2.25. The molecular formula is C19H25N3O2S. The number of sulfonamides is 1. The number of hydrogen-bond acceptors (Lipinski definition) is 4. The van der Waals surface area contributed by atoms with Gasteiger partial charge in [-0.3, -0.25) is 0 Å². The average Bonchev–Trinajstić information content (AvgIpc) is 3.13. The Kier molecular flexibility index (Phi) is 5.11. The van der Waals surface area contributed by atoms with E-state index in [4.69, 9.17) is 0 Å². The molecule has 1 atom stereocenters. The zero-order chi connectivity index (χ0) is 18.0. The fourth-order valence-corrected chi connectivity index (χ4v) is 4.70. The Labute approximate surface area is 150 Å². The first-order valence-electron chi connectivity index (χ1n) is 8.68. The molecule has 1 aliphatic rings. The molecule has 1 unspecified atom stereocenters. The van der Waals surface area contributed by atoms with Crippen LogP contribution in [0.15, 0.2) is 41.4 Å². The van der Waals surface area contributed by atoms with Gasteiger partial charge in [-0.15, -0.1) is 0 Å². The summed E-state index contributed by atoms with van der Waals surface area (Å²) in [4.78, 5) is 4.58. The Balaban J connectivity index is 1.75. The summed E-state index contributed by atoms with van der Waals surface area (Å²) in [6.07, 6.45) is 3.31. The molecule has 0 amide bonds. The van der Waals surface area contributed by atoms with E-state index >= 15 is 0 Å². The quantitative estimate of drug-likeness (QED) is 0.885. The van der Waals surface area contributed by atoms with E-state index in [1.807, 2.05) is 0 Å². The van der Waals surface area contributed by atoms with Crippen LogP contribution < -0.4 is 5.32 Å². The molecule has 1 fully saturated rings. The van der Waals surface area contributed by atoms with Crippen molar-refractivity contribution in [1.29, 1.82) is 0 Å². The third kappa shape index (κ3) is 3.70. The molecule has 1 aliphatic heterocycles. The van der Waals surface area contributed by atoms with Crippen LogP contribution in [0.25, 0.3) is 0 Å². The smallest absolute Gasteiger partial charge is 0.244 e.